The van der Waals surface area contributed by atoms with E-state index < -0.39 is 0 Å². The average molecular weight is 345 g/mol. The number of fused-ring (bicyclic) bond motifs is 1. The van der Waals surface area contributed by atoms with Gasteiger partial charge in [-0.3, -0.25) is 9.78 Å². The molecule has 0 radical (unpaired) electrons. The fourth-order valence-electron chi connectivity index (χ4n) is 2.81. The maximum absolute atomic E-state index is 11.5. The molecule has 0 spiro atoms. The maximum atomic E-state index is 11.5. The van der Waals surface area contributed by atoms with E-state index in [1.807, 2.05) is 25.3 Å². The smallest absolute Gasteiger partial charge is 0.306 e. The van der Waals surface area contributed by atoms with Crippen LogP contribution in [0.2, 0.25) is 0 Å². The molecule has 2 aromatic heterocycles. The van der Waals surface area contributed by atoms with Crippen molar-refractivity contribution in [2.24, 2.45) is 0 Å². The van der Waals surface area contributed by atoms with Gasteiger partial charge in [0.25, 0.3) is 0 Å². The fourth-order valence-corrected chi connectivity index (χ4v) is 2.81. The van der Waals surface area contributed by atoms with Gasteiger partial charge in [-0.15, -0.1) is 12.4 Å². The molecule has 126 valence electrons. The van der Waals surface area contributed by atoms with Crippen LogP contribution in [0.4, 0.5) is 0 Å². The van der Waals surface area contributed by atoms with Gasteiger partial charge in [0.05, 0.1) is 12.3 Å². The first-order valence-corrected chi connectivity index (χ1v) is 7.86. The van der Waals surface area contributed by atoms with Crippen molar-refractivity contribution in [3.63, 3.8) is 0 Å². The molecule has 1 N–H and O–H groups in total. The monoisotopic (exact) mass is 344 g/mol. The lowest BCUT2D eigenvalue weighted by molar-refractivity contribution is -0.143. The number of nitrogens with zero attached hydrogens (tertiary/aromatic N) is 1. The molecule has 2 heterocycles. The van der Waals surface area contributed by atoms with Crippen LogP contribution in [0.5, 0.6) is 0 Å². The summed E-state index contributed by atoms with van der Waals surface area (Å²) in [5, 5.41) is 1.19. The molecule has 4 nitrogen and oxygen atoms in total. The summed E-state index contributed by atoms with van der Waals surface area (Å²) in [4.78, 5) is 19.1. The number of carbonyl (C=O) groups is 1. The molecule has 0 amide bonds. The minimum Gasteiger partial charge on any atom is -0.466 e. The third kappa shape index (κ3) is 3.77. The van der Waals surface area contributed by atoms with E-state index in [1.54, 1.807) is 6.20 Å². The maximum Gasteiger partial charge on any atom is 0.306 e. The number of pyridine rings is 1. The van der Waals surface area contributed by atoms with Crippen LogP contribution in [0.25, 0.3) is 22.2 Å². The van der Waals surface area contributed by atoms with E-state index >= 15 is 0 Å². The highest BCUT2D eigenvalue weighted by molar-refractivity contribution is 5.90. The second-order valence-electron chi connectivity index (χ2n) is 5.55. The van der Waals surface area contributed by atoms with Gasteiger partial charge in [-0.1, -0.05) is 6.07 Å². The van der Waals surface area contributed by atoms with Crippen LogP contribution in [0.3, 0.4) is 0 Å². The number of aromatic amines is 1. The van der Waals surface area contributed by atoms with Crippen LogP contribution < -0.4 is 0 Å². The molecule has 0 saturated heterocycles. The Bertz CT molecular complexity index is 828. The number of hydrogen-bond acceptors (Lipinski definition) is 3. The molecule has 0 aliphatic heterocycles. The Morgan fingerprint density at radius 1 is 1.29 bits per heavy atom. The SMILES string of the molecule is CCOC(=O)CCc1ccc2[nH]c(-c3cccnc3)c(C)c2c1.Cl. The zero-order valence-electron chi connectivity index (χ0n) is 13.8. The van der Waals surface area contributed by atoms with E-state index in [2.05, 4.69) is 35.1 Å². The molecular weight excluding hydrogens is 324 g/mol. The standard InChI is InChI=1S/C19H20N2O2.ClH/c1-3-23-18(22)9-7-14-6-8-17-16(11-14)13(2)19(21-17)15-5-4-10-20-12-15;/h4-6,8,10-12,21H,3,7,9H2,1-2H3;1H. The van der Waals surface area contributed by atoms with Gasteiger partial charge >= 0.3 is 5.97 Å². The van der Waals surface area contributed by atoms with Gasteiger partial charge in [-0.05, 0) is 55.7 Å². The Morgan fingerprint density at radius 3 is 2.83 bits per heavy atom. The first kappa shape index (κ1) is 18.0. The molecular formula is C19H21ClN2O2. The number of aryl methyl sites for hydroxylation is 2. The second-order valence-corrected chi connectivity index (χ2v) is 5.55. The number of H-pyrrole nitrogens is 1. The zero-order valence-corrected chi connectivity index (χ0v) is 14.7. The van der Waals surface area contributed by atoms with E-state index in [1.165, 1.54) is 10.9 Å². The first-order chi connectivity index (χ1) is 11.2. The van der Waals surface area contributed by atoms with Gasteiger partial charge < -0.3 is 9.72 Å². The van der Waals surface area contributed by atoms with Gasteiger partial charge in [0.15, 0.2) is 0 Å². The van der Waals surface area contributed by atoms with Crippen molar-refractivity contribution < 1.29 is 9.53 Å². The highest BCUT2D eigenvalue weighted by atomic mass is 35.5. The number of nitrogens with one attached hydrogen (secondary N) is 1. The molecule has 0 bridgehead atoms. The van der Waals surface area contributed by atoms with Crippen LogP contribution in [0.1, 0.15) is 24.5 Å². The van der Waals surface area contributed by atoms with E-state index in [0.717, 1.165) is 22.3 Å². The minimum atomic E-state index is -0.144. The molecule has 0 fully saturated rings. The minimum absolute atomic E-state index is 0. The summed E-state index contributed by atoms with van der Waals surface area (Å²) in [5.74, 6) is -0.144. The summed E-state index contributed by atoms with van der Waals surface area (Å²) in [7, 11) is 0. The summed E-state index contributed by atoms with van der Waals surface area (Å²) in [5.41, 5.74) is 5.61. The Labute approximate surface area is 147 Å². The van der Waals surface area contributed by atoms with Gasteiger partial charge in [-0.25, -0.2) is 0 Å². The Hall–Kier alpha value is -2.33. The van der Waals surface area contributed by atoms with Crippen molar-refractivity contribution in [3.8, 4) is 11.3 Å². The van der Waals surface area contributed by atoms with Crippen LogP contribution >= 0.6 is 12.4 Å². The molecule has 3 rings (SSSR count). The quantitative estimate of drug-likeness (QED) is 0.695. The van der Waals surface area contributed by atoms with Crippen molar-refractivity contribution in [2.45, 2.75) is 26.7 Å². The van der Waals surface area contributed by atoms with Crippen molar-refractivity contribution >= 4 is 29.3 Å². The normalized spacial score (nSPS) is 10.4. The number of carbonyl (C=O) groups excluding carboxylic acids is 1. The Morgan fingerprint density at radius 2 is 2.12 bits per heavy atom. The van der Waals surface area contributed by atoms with Crippen molar-refractivity contribution in [1.82, 2.24) is 9.97 Å². The third-order valence-electron chi connectivity index (χ3n) is 4.00. The Kier molecular flexibility index (Phi) is 5.99. The number of rotatable bonds is 5. The molecule has 0 aliphatic carbocycles. The van der Waals surface area contributed by atoms with E-state index in [4.69, 9.17) is 4.74 Å². The summed E-state index contributed by atoms with van der Waals surface area (Å²) in [6.07, 6.45) is 4.74. The molecule has 24 heavy (non-hydrogen) atoms. The molecule has 0 unspecified atom stereocenters. The fraction of sp³-hybridized carbons (Fsp3) is 0.263. The number of halogens is 1. The first-order valence-electron chi connectivity index (χ1n) is 7.86. The van der Waals surface area contributed by atoms with Crippen molar-refractivity contribution in [3.05, 3.63) is 53.9 Å². The highest BCUT2D eigenvalue weighted by Gasteiger charge is 2.11. The largest absolute Gasteiger partial charge is 0.466 e. The molecule has 0 atom stereocenters. The summed E-state index contributed by atoms with van der Waals surface area (Å²) >= 11 is 0. The second kappa shape index (κ2) is 7.97. The molecule has 5 heteroatoms. The van der Waals surface area contributed by atoms with Crippen LogP contribution in [-0.2, 0) is 16.0 Å². The Balaban J connectivity index is 0.00000208. The predicted octanol–water partition coefficient (Wildman–Crippen LogP) is 4.46. The van der Waals surface area contributed by atoms with Crippen LogP contribution in [0, 0.1) is 6.92 Å². The van der Waals surface area contributed by atoms with Gasteiger partial charge in [-0.2, -0.15) is 0 Å². The molecule has 0 saturated carbocycles. The molecule has 1 aromatic carbocycles. The number of benzene rings is 1. The number of ether oxygens (including phenoxy) is 1. The summed E-state index contributed by atoms with van der Waals surface area (Å²) in [6.45, 7) is 4.37. The number of aromatic nitrogens is 2. The third-order valence-corrected chi connectivity index (χ3v) is 4.00. The highest BCUT2D eigenvalue weighted by Crippen LogP contribution is 2.30. The van der Waals surface area contributed by atoms with E-state index in [0.29, 0.717) is 19.4 Å². The molecule has 0 aliphatic rings. The predicted molar refractivity (Wildman–Crippen MR) is 98.5 cm³/mol. The van der Waals surface area contributed by atoms with E-state index in [9.17, 15) is 4.79 Å². The average Bonchev–Trinajstić information content (AvgIpc) is 2.91. The van der Waals surface area contributed by atoms with Crippen LogP contribution in [0.15, 0.2) is 42.7 Å². The van der Waals surface area contributed by atoms with Gasteiger partial charge in [0.2, 0.25) is 0 Å². The van der Waals surface area contributed by atoms with Crippen molar-refractivity contribution in [2.75, 3.05) is 6.61 Å². The summed E-state index contributed by atoms with van der Waals surface area (Å²) < 4.78 is 4.98. The zero-order chi connectivity index (χ0) is 16.2. The topological polar surface area (TPSA) is 55.0 Å². The number of esters is 1. The lowest BCUT2D eigenvalue weighted by atomic mass is 10.0. The van der Waals surface area contributed by atoms with Crippen LogP contribution in [-0.4, -0.2) is 22.5 Å². The lowest BCUT2D eigenvalue weighted by Crippen LogP contribution is -2.05. The van der Waals surface area contributed by atoms with E-state index in [-0.39, 0.29) is 18.4 Å². The molecule has 3 aromatic rings. The van der Waals surface area contributed by atoms with Crippen molar-refractivity contribution in [1.29, 1.82) is 0 Å². The van der Waals surface area contributed by atoms with Gasteiger partial charge in [0.1, 0.15) is 0 Å². The lowest BCUT2D eigenvalue weighted by Gasteiger charge is -2.03. The van der Waals surface area contributed by atoms with Gasteiger partial charge in [0, 0.05) is 35.3 Å². The summed E-state index contributed by atoms with van der Waals surface area (Å²) in [6, 6.07) is 10.3. The number of hydrogen-bond donors (Lipinski definition) is 1.